The molecule has 2 rings (SSSR count). The van der Waals surface area contributed by atoms with E-state index in [2.05, 4.69) is 20.5 Å². The molecular formula is C13H17N5O. The molecule has 0 atom stereocenters. The van der Waals surface area contributed by atoms with Gasteiger partial charge in [0, 0.05) is 18.7 Å². The second-order valence-electron chi connectivity index (χ2n) is 4.33. The zero-order valence-corrected chi connectivity index (χ0v) is 10.8. The lowest BCUT2D eigenvalue weighted by molar-refractivity contribution is 0.0953. The van der Waals surface area contributed by atoms with E-state index >= 15 is 0 Å². The maximum atomic E-state index is 12.0. The van der Waals surface area contributed by atoms with Crippen LogP contribution in [-0.4, -0.2) is 27.6 Å². The van der Waals surface area contributed by atoms with Gasteiger partial charge in [0.05, 0.1) is 5.56 Å². The van der Waals surface area contributed by atoms with E-state index in [1.807, 2.05) is 19.1 Å². The second-order valence-corrected chi connectivity index (χ2v) is 4.33. The number of anilines is 1. The summed E-state index contributed by atoms with van der Waals surface area (Å²) in [6.07, 6.45) is 3.03. The summed E-state index contributed by atoms with van der Waals surface area (Å²) in [6.45, 7) is 2.45. The number of nitrogens with one attached hydrogen (secondary N) is 2. The van der Waals surface area contributed by atoms with Gasteiger partial charge in [-0.05, 0) is 25.0 Å². The molecule has 0 aliphatic rings. The van der Waals surface area contributed by atoms with Crippen molar-refractivity contribution in [1.29, 1.82) is 0 Å². The fraction of sp³-hybridized carbons (Fsp3) is 0.308. The van der Waals surface area contributed by atoms with Crippen LogP contribution < -0.4 is 11.1 Å². The largest absolute Gasteiger partial charge is 0.398 e. The number of aromatic nitrogens is 3. The average Bonchev–Trinajstić information content (AvgIpc) is 2.87. The molecule has 0 saturated heterocycles. The van der Waals surface area contributed by atoms with Gasteiger partial charge < -0.3 is 11.1 Å². The Hall–Kier alpha value is -2.37. The predicted octanol–water partition coefficient (Wildman–Crippen LogP) is 1.06. The molecule has 6 nitrogen and oxygen atoms in total. The highest BCUT2D eigenvalue weighted by Crippen LogP contribution is 2.15. The number of nitrogens with zero attached hydrogens (tertiary/aromatic N) is 2. The fourth-order valence-corrected chi connectivity index (χ4v) is 1.90. The molecule has 0 spiro atoms. The van der Waals surface area contributed by atoms with Gasteiger partial charge in [-0.2, -0.15) is 5.10 Å². The molecule has 0 radical (unpaired) electrons. The first-order valence-electron chi connectivity index (χ1n) is 6.16. The minimum atomic E-state index is -0.131. The number of aromatic amines is 1. The number of rotatable bonds is 5. The van der Waals surface area contributed by atoms with Crippen molar-refractivity contribution in [3.63, 3.8) is 0 Å². The maximum Gasteiger partial charge on any atom is 0.253 e. The van der Waals surface area contributed by atoms with Crippen molar-refractivity contribution in [3.8, 4) is 0 Å². The molecule has 6 heteroatoms. The Balaban J connectivity index is 1.84. The third kappa shape index (κ3) is 3.31. The Morgan fingerprint density at radius 3 is 3.00 bits per heavy atom. The minimum absolute atomic E-state index is 0.131. The molecule has 19 heavy (non-hydrogen) atoms. The second kappa shape index (κ2) is 5.99. The van der Waals surface area contributed by atoms with Gasteiger partial charge in [0.25, 0.3) is 5.91 Å². The van der Waals surface area contributed by atoms with Crippen LogP contribution >= 0.6 is 0 Å². The fourth-order valence-electron chi connectivity index (χ4n) is 1.90. The smallest absolute Gasteiger partial charge is 0.253 e. The predicted molar refractivity (Wildman–Crippen MR) is 72.6 cm³/mol. The SMILES string of the molecule is Cc1cccc(N)c1C(=O)NCCCc1ncn[nH]1. The van der Waals surface area contributed by atoms with Crippen LogP contribution in [0.5, 0.6) is 0 Å². The Labute approximate surface area is 111 Å². The van der Waals surface area contributed by atoms with Crippen molar-refractivity contribution in [2.45, 2.75) is 19.8 Å². The summed E-state index contributed by atoms with van der Waals surface area (Å²) in [5.74, 6) is 0.692. The number of hydrogen-bond acceptors (Lipinski definition) is 4. The molecule has 1 aromatic carbocycles. The van der Waals surface area contributed by atoms with Crippen LogP contribution in [0.3, 0.4) is 0 Å². The van der Waals surface area contributed by atoms with Crippen LogP contribution in [0.2, 0.25) is 0 Å². The Bertz CT molecular complexity index is 530. The van der Waals surface area contributed by atoms with Crippen LogP contribution in [0.25, 0.3) is 0 Å². The van der Waals surface area contributed by atoms with Crippen molar-refractivity contribution in [2.24, 2.45) is 0 Å². The van der Waals surface area contributed by atoms with Gasteiger partial charge in [-0.3, -0.25) is 9.89 Å². The third-order valence-electron chi connectivity index (χ3n) is 2.87. The number of carbonyl (C=O) groups excluding carboxylic acids is 1. The van der Waals surface area contributed by atoms with Crippen LogP contribution in [-0.2, 0) is 6.42 Å². The van der Waals surface area contributed by atoms with E-state index in [9.17, 15) is 4.79 Å². The standard InChI is InChI=1S/C13H17N5O/c1-9-4-2-5-10(14)12(9)13(19)15-7-3-6-11-16-8-17-18-11/h2,4-5,8H,3,6-7,14H2,1H3,(H,15,19)(H,16,17,18). The van der Waals surface area contributed by atoms with Crippen molar-refractivity contribution in [3.05, 3.63) is 41.5 Å². The zero-order chi connectivity index (χ0) is 13.7. The highest BCUT2D eigenvalue weighted by Gasteiger charge is 2.11. The summed E-state index contributed by atoms with van der Waals surface area (Å²) in [7, 11) is 0. The van der Waals surface area contributed by atoms with Crippen LogP contribution in [0.4, 0.5) is 5.69 Å². The van der Waals surface area contributed by atoms with Crippen LogP contribution in [0, 0.1) is 6.92 Å². The highest BCUT2D eigenvalue weighted by molar-refractivity contribution is 6.00. The number of amides is 1. The van der Waals surface area contributed by atoms with Gasteiger partial charge in [0.1, 0.15) is 12.2 Å². The lowest BCUT2D eigenvalue weighted by atomic mass is 10.1. The first-order chi connectivity index (χ1) is 9.18. The monoisotopic (exact) mass is 259 g/mol. The van der Waals surface area contributed by atoms with Crippen molar-refractivity contribution in [1.82, 2.24) is 20.5 Å². The lowest BCUT2D eigenvalue weighted by Crippen LogP contribution is -2.26. The summed E-state index contributed by atoms with van der Waals surface area (Å²) in [5.41, 5.74) is 7.77. The maximum absolute atomic E-state index is 12.0. The van der Waals surface area contributed by atoms with E-state index in [1.54, 1.807) is 6.07 Å². The molecular weight excluding hydrogens is 242 g/mol. The molecule has 0 fully saturated rings. The topological polar surface area (TPSA) is 96.7 Å². The molecule has 0 unspecified atom stereocenters. The van der Waals surface area contributed by atoms with Crippen molar-refractivity contribution < 1.29 is 4.79 Å². The zero-order valence-electron chi connectivity index (χ0n) is 10.8. The summed E-state index contributed by atoms with van der Waals surface area (Å²) >= 11 is 0. The van der Waals surface area contributed by atoms with Crippen LogP contribution in [0.15, 0.2) is 24.5 Å². The number of nitrogens with two attached hydrogens (primary N) is 1. The van der Waals surface area contributed by atoms with Gasteiger partial charge >= 0.3 is 0 Å². The normalized spacial score (nSPS) is 10.4. The average molecular weight is 259 g/mol. The molecule has 4 N–H and O–H groups in total. The molecule has 0 aliphatic heterocycles. The number of nitrogen functional groups attached to an aromatic ring is 1. The van der Waals surface area contributed by atoms with Crippen molar-refractivity contribution >= 4 is 11.6 Å². The number of H-pyrrole nitrogens is 1. The van der Waals surface area contributed by atoms with Crippen molar-refractivity contribution in [2.75, 3.05) is 12.3 Å². The Morgan fingerprint density at radius 1 is 1.47 bits per heavy atom. The number of benzene rings is 1. The van der Waals surface area contributed by atoms with E-state index in [-0.39, 0.29) is 5.91 Å². The molecule has 0 saturated carbocycles. The van der Waals surface area contributed by atoms with Gasteiger partial charge in [0.2, 0.25) is 0 Å². The molecule has 0 bridgehead atoms. The lowest BCUT2D eigenvalue weighted by Gasteiger charge is -2.09. The molecule has 0 aliphatic carbocycles. The van der Waals surface area contributed by atoms with Gasteiger partial charge in [0.15, 0.2) is 0 Å². The molecule has 1 heterocycles. The molecule has 1 amide bonds. The van der Waals surface area contributed by atoms with Gasteiger partial charge in [-0.25, -0.2) is 4.98 Å². The first-order valence-corrected chi connectivity index (χ1v) is 6.16. The van der Waals surface area contributed by atoms with Crippen LogP contribution in [0.1, 0.15) is 28.2 Å². The molecule has 2 aromatic rings. The summed E-state index contributed by atoms with van der Waals surface area (Å²) in [5, 5.41) is 9.41. The van der Waals surface area contributed by atoms with Gasteiger partial charge in [-0.15, -0.1) is 0 Å². The van der Waals surface area contributed by atoms with E-state index in [0.29, 0.717) is 17.8 Å². The molecule has 1 aromatic heterocycles. The molecule has 100 valence electrons. The van der Waals surface area contributed by atoms with Gasteiger partial charge in [-0.1, -0.05) is 12.1 Å². The Morgan fingerprint density at radius 2 is 2.32 bits per heavy atom. The highest BCUT2D eigenvalue weighted by atomic mass is 16.1. The number of carbonyl (C=O) groups is 1. The quantitative estimate of drug-likeness (QED) is 0.552. The number of aryl methyl sites for hydroxylation is 2. The third-order valence-corrected chi connectivity index (χ3v) is 2.87. The Kier molecular flexibility index (Phi) is 4.12. The minimum Gasteiger partial charge on any atom is -0.398 e. The van der Waals surface area contributed by atoms with E-state index in [1.165, 1.54) is 6.33 Å². The van der Waals surface area contributed by atoms with E-state index < -0.39 is 0 Å². The van der Waals surface area contributed by atoms with E-state index in [0.717, 1.165) is 24.2 Å². The first kappa shape index (κ1) is 13.1. The number of hydrogen-bond donors (Lipinski definition) is 3. The summed E-state index contributed by atoms with van der Waals surface area (Å²) in [4.78, 5) is 16.0. The summed E-state index contributed by atoms with van der Waals surface area (Å²) < 4.78 is 0. The summed E-state index contributed by atoms with van der Waals surface area (Å²) in [6, 6.07) is 5.45. The van der Waals surface area contributed by atoms with E-state index in [4.69, 9.17) is 5.73 Å².